The van der Waals surface area contributed by atoms with Crippen molar-refractivity contribution in [3.63, 3.8) is 0 Å². The average molecular weight is 374 g/mol. The van der Waals surface area contributed by atoms with Gasteiger partial charge in [0.25, 0.3) is 5.91 Å². The molecule has 130 valence electrons. The number of hydrogen-bond donors (Lipinski definition) is 0. The highest BCUT2D eigenvalue weighted by Gasteiger charge is 2.32. The fourth-order valence-electron chi connectivity index (χ4n) is 2.65. The first-order valence-electron chi connectivity index (χ1n) is 7.88. The van der Waals surface area contributed by atoms with Crippen LogP contribution in [0.5, 0.6) is 5.75 Å². The number of thiocarbonyl (C=S) groups is 1. The summed E-state index contributed by atoms with van der Waals surface area (Å²) in [5.74, 6) is -0.500. The molecule has 7 heteroatoms. The van der Waals surface area contributed by atoms with Crippen LogP contribution in [0.3, 0.4) is 0 Å². The van der Waals surface area contributed by atoms with Crippen molar-refractivity contribution in [3.8, 4) is 5.75 Å². The van der Waals surface area contributed by atoms with Gasteiger partial charge in [0.2, 0.25) is 0 Å². The third kappa shape index (κ3) is 3.93. The largest absolute Gasteiger partial charge is 0.550 e. The Kier molecular flexibility index (Phi) is 5.24. The Labute approximate surface area is 155 Å². The van der Waals surface area contributed by atoms with E-state index in [0.717, 1.165) is 16.9 Å². The Balaban J connectivity index is 1.78. The molecule has 1 saturated heterocycles. The number of fused-ring (bicyclic) bond motifs is 1. The minimum absolute atomic E-state index is 0.0943. The quantitative estimate of drug-likeness (QED) is 0.581. The monoisotopic (exact) mass is 374 g/mol. The maximum absolute atomic E-state index is 12.5. The number of benzene rings is 1. The van der Waals surface area contributed by atoms with E-state index in [1.54, 1.807) is 6.08 Å². The molecule has 1 amide bonds. The maximum Gasteiger partial charge on any atom is 0.266 e. The van der Waals surface area contributed by atoms with Gasteiger partial charge in [-0.3, -0.25) is 9.69 Å². The fraction of sp³-hybridized carbons (Fsp3) is 0.278. The summed E-state index contributed by atoms with van der Waals surface area (Å²) in [6.45, 7) is 2.21. The van der Waals surface area contributed by atoms with Gasteiger partial charge in [-0.15, -0.1) is 0 Å². The number of nitrogens with zero attached hydrogens (tertiary/aromatic N) is 1. The summed E-state index contributed by atoms with van der Waals surface area (Å²) >= 11 is 6.47. The Morgan fingerprint density at radius 2 is 2.20 bits per heavy atom. The number of carboxylic acid groups (broad SMARTS) is 1. The topological polar surface area (TPSA) is 69.7 Å². The van der Waals surface area contributed by atoms with Crippen molar-refractivity contribution in [2.45, 2.75) is 25.9 Å². The molecule has 5 nitrogen and oxygen atoms in total. The summed E-state index contributed by atoms with van der Waals surface area (Å²) < 4.78 is 6.33. The van der Waals surface area contributed by atoms with Gasteiger partial charge in [-0.1, -0.05) is 42.2 Å². The van der Waals surface area contributed by atoms with E-state index < -0.39 is 5.97 Å². The summed E-state index contributed by atoms with van der Waals surface area (Å²) in [5, 5.41) is 10.5. The van der Waals surface area contributed by atoms with E-state index in [4.69, 9.17) is 17.0 Å². The summed E-state index contributed by atoms with van der Waals surface area (Å²) in [6, 6.07) is 7.72. The van der Waals surface area contributed by atoms with Crippen LogP contribution in [-0.4, -0.2) is 33.7 Å². The molecule has 1 aromatic rings. The zero-order chi connectivity index (χ0) is 18.0. The fourth-order valence-corrected chi connectivity index (χ4v) is 3.96. The van der Waals surface area contributed by atoms with Crippen LogP contribution in [0.15, 0.2) is 40.8 Å². The first kappa shape index (κ1) is 17.7. The molecule has 0 radical (unpaired) electrons. The van der Waals surface area contributed by atoms with Gasteiger partial charge in [0.05, 0.1) is 4.91 Å². The van der Waals surface area contributed by atoms with E-state index in [-0.39, 0.29) is 25.0 Å². The highest BCUT2D eigenvalue weighted by molar-refractivity contribution is 8.26. The normalized spacial score (nSPS) is 21.2. The molecule has 25 heavy (non-hydrogen) atoms. The van der Waals surface area contributed by atoms with Gasteiger partial charge in [0.15, 0.2) is 0 Å². The first-order chi connectivity index (χ1) is 12.0. The smallest absolute Gasteiger partial charge is 0.266 e. The van der Waals surface area contributed by atoms with Crippen LogP contribution in [0.1, 0.15) is 25.3 Å². The maximum atomic E-state index is 12.5. The number of para-hydroxylation sites is 1. The second-order valence-corrected chi connectivity index (χ2v) is 7.43. The molecule has 1 atom stereocenters. The van der Waals surface area contributed by atoms with Crippen LogP contribution in [0.4, 0.5) is 0 Å². The number of thioether (sulfide) groups is 1. The van der Waals surface area contributed by atoms with Crippen molar-refractivity contribution in [2.24, 2.45) is 0 Å². The third-order valence-corrected chi connectivity index (χ3v) is 5.33. The average Bonchev–Trinajstić information content (AvgIpc) is 2.82. The molecule has 2 heterocycles. The van der Waals surface area contributed by atoms with Crippen LogP contribution < -0.4 is 9.84 Å². The molecular formula is C18H16NO4S2-. The zero-order valence-corrected chi connectivity index (χ0v) is 15.2. The standard InChI is InChI=1S/C18H17NO4S2/c1-11-13(9-12-5-2-3-6-14(12)23-11)10-15-17(22)19(18(24)25-15)8-4-7-16(20)21/h2-3,5-6,9-11H,4,7-8H2,1H3,(H,20,21)/p-1/b15-10-/t11-/m0/s1. The lowest BCUT2D eigenvalue weighted by Gasteiger charge is -2.23. The lowest BCUT2D eigenvalue weighted by Crippen LogP contribution is -2.31. The van der Waals surface area contributed by atoms with Gasteiger partial charge < -0.3 is 14.6 Å². The molecule has 3 rings (SSSR count). The van der Waals surface area contributed by atoms with E-state index in [1.165, 1.54) is 16.7 Å². The predicted molar refractivity (Wildman–Crippen MR) is 98.7 cm³/mol. The van der Waals surface area contributed by atoms with Crippen LogP contribution in [-0.2, 0) is 9.59 Å². The summed E-state index contributed by atoms with van der Waals surface area (Å²) in [6.07, 6.45) is 3.86. The van der Waals surface area contributed by atoms with Crippen molar-refractivity contribution in [1.29, 1.82) is 0 Å². The molecule has 1 aromatic carbocycles. The SMILES string of the molecule is C[C@@H]1Oc2ccccc2C=C1/C=C1\SC(=S)N(CCCC(=O)[O-])C1=O. The van der Waals surface area contributed by atoms with Crippen molar-refractivity contribution in [2.75, 3.05) is 6.54 Å². The zero-order valence-electron chi connectivity index (χ0n) is 13.6. The Morgan fingerprint density at radius 3 is 2.96 bits per heavy atom. The van der Waals surface area contributed by atoms with Gasteiger partial charge >= 0.3 is 0 Å². The molecule has 0 spiro atoms. The molecule has 0 unspecified atom stereocenters. The predicted octanol–water partition coefficient (Wildman–Crippen LogP) is 2.13. The molecule has 0 saturated carbocycles. The summed E-state index contributed by atoms with van der Waals surface area (Å²) in [4.78, 5) is 25.0. The van der Waals surface area contributed by atoms with Crippen molar-refractivity contribution < 1.29 is 19.4 Å². The second-order valence-electron chi connectivity index (χ2n) is 5.75. The minimum Gasteiger partial charge on any atom is -0.550 e. The number of carboxylic acids is 1. The van der Waals surface area contributed by atoms with E-state index in [0.29, 0.717) is 15.6 Å². The highest BCUT2D eigenvalue weighted by Crippen LogP contribution is 2.35. The number of carbonyl (C=O) groups excluding carboxylic acids is 2. The Morgan fingerprint density at radius 1 is 1.44 bits per heavy atom. The first-order valence-corrected chi connectivity index (χ1v) is 9.10. The number of ether oxygens (including phenoxy) is 1. The molecule has 0 bridgehead atoms. The summed E-state index contributed by atoms with van der Waals surface area (Å²) in [7, 11) is 0. The lowest BCUT2D eigenvalue weighted by atomic mass is 10.0. The number of carbonyl (C=O) groups is 2. The molecule has 1 fully saturated rings. The van der Waals surface area contributed by atoms with E-state index in [2.05, 4.69) is 0 Å². The lowest BCUT2D eigenvalue weighted by molar-refractivity contribution is -0.305. The Bertz CT molecular complexity index is 800. The Hall–Kier alpha value is -2.12. The molecule has 0 aliphatic carbocycles. The molecule has 0 aromatic heterocycles. The minimum atomic E-state index is -1.13. The van der Waals surface area contributed by atoms with Crippen molar-refractivity contribution >= 4 is 46.3 Å². The van der Waals surface area contributed by atoms with Crippen molar-refractivity contribution in [3.05, 3.63) is 46.4 Å². The van der Waals surface area contributed by atoms with Crippen LogP contribution >= 0.6 is 24.0 Å². The van der Waals surface area contributed by atoms with E-state index >= 15 is 0 Å². The van der Waals surface area contributed by atoms with E-state index in [9.17, 15) is 14.7 Å². The van der Waals surface area contributed by atoms with Crippen LogP contribution in [0.2, 0.25) is 0 Å². The molecule has 2 aliphatic heterocycles. The van der Waals surface area contributed by atoms with Crippen LogP contribution in [0, 0.1) is 0 Å². The number of rotatable bonds is 5. The van der Waals surface area contributed by atoms with Crippen molar-refractivity contribution in [1.82, 2.24) is 4.90 Å². The summed E-state index contributed by atoms with van der Waals surface area (Å²) in [5.41, 5.74) is 1.87. The molecule has 0 N–H and O–H groups in total. The van der Waals surface area contributed by atoms with Gasteiger partial charge in [-0.2, -0.15) is 0 Å². The number of hydrogen-bond acceptors (Lipinski definition) is 6. The van der Waals surface area contributed by atoms with Gasteiger partial charge in [0, 0.05) is 18.1 Å². The molecule has 2 aliphatic rings. The van der Waals surface area contributed by atoms with E-state index in [1.807, 2.05) is 37.3 Å². The number of aliphatic carboxylic acids is 1. The third-order valence-electron chi connectivity index (χ3n) is 3.95. The van der Waals surface area contributed by atoms with Crippen LogP contribution in [0.25, 0.3) is 6.08 Å². The second kappa shape index (κ2) is 7.41. The molecular weight excluding hydrogens is 358 g/mol. The number of amides is 1. The highest BCUT2D eigenvalue weighted by atomic mass is 32.2. The van der Waals surface area contributed by atoms with Gasteiger partial charge in [-0.25, -0.2) is 0 Å². The van der Waals surface area contributed by atoms with Gasteiger partial charge in [-0.05, 0) is 43.6 Å². The van der Waals surface area contributed by atoms with Gasteiger partial charge in [0.1, 0.15) is 16.2 Å².